The minimum Gasteiger partial charge on any atom is -0.381 e. The van der Waals surface area contributed by atoms with Crippen molar-refractivity contribution in [3.05, 3.63) is 34.3 Å². The van der Waals surface area contributed by atoms with Crippen molar-refractivity contribution >= 4 is 15.9 Å². The SMILES string of the molecule is CNC(c1ccccc1Br)C1CCOC1. The van der Waals surface area contributed by atoms with Gasteiger partial charge in [-0.2, -0.15) is 0 Å². The molecule has 1 aromatic rings. The molecule has 1 aliphatic heterocycles. The zero-order valence-corrected chi connectivity index (χ0v) is 10.5. The van der Waals surface area contributed by atoms with Crippen molar-refractivity contribution in [1.82, 2.24) is 5.32 Å². The largest absolute Gasteiger partial charge is 0.381 e. The predicted molar refractivity (Wildman–Crippen MR) is 64.9 cm³/mol. The topological polar surface area (TPSA) is 21.3 Å². The number of rotatable bonds is 3. The van der Waals surface area contributed by atoms with E-state index in [1.807, 2.05) is 13.1 Å². The van der Waals surface area contributed by atoms with Gasteiger partial charge in [0.15, 0.2) is 0 Å². The van der Waals surface area contributed by atoms with Gasteiger partial charge in [0.2, 0.25) is 0 Å². The number of hydrogen-bond donors (Lipinski definition) is 1. The summed E-state index contributed by atoms with van der Waals surface area (Å²) >= 11 is 3.60. The molecule has 82 valence electrons. The van der Waals surface area contributed by atoms with Crippen LogP contribution in [-0.2, 0) is 4.74 Å². The Bertz CT molecular complexity index is 323. The highest BCUT2D eigenvalue weighted by molar-refractivity contribution is 9.10. The van der Waals surface area contributed by atoms with Crippen LogP contribution in [0.25, 0.3) is 0 Å². The second-order valence-corrected chi connectivity index (χ2v) is 4.77. The molecule has 0 radical (unpaired) electrons. The molecule has 2 nitrogen and oxygen atoms in total. The molecule has 15 heavy (non-hydrogen) atoms. The van der Waals surface area contributed by atoms with Gasteiger partial charge in [0.05, 0.1) is 6.61 Å². The van der Waals surface area contributed by atoms with Crippen molar-refractivity contribution in [2.45, 2.75) is 12.5 Å². The standard InChI is InChI=1S/C12H16BrNO/c1-14-12(9-6-7-15-8-9)10-4-2-3-5-11(10)13/h2-5,9,12,14H,6-8H2,1H3. The van der Waals surface area contributed by atoms with E-state index in [1.165, 1.54) is 10.0 Å². The molecule has 1 saturated heterocycles. The monoisotopic (exact) mass is 269 g/mol. The Hall–Kier alpha value is -0.380. The van der Waals surface area contributed by atoms with E-state index in [0.717, 1.165) is 19.6 Å². The first-order chi connectivity index (χ1) is 7.33. The summed E-state index contributed by atoms with van der Waals surface area (Å²) < 4.78 is 6.62. The first-order valence-electron chi connectivity index (χ1n) is 5.32. The van der Waals surface area contributed by atoms with Gasteiger partial charge in [0, 0.05) is 23.0 Å². The van der Waals surface area contributed by atoms with Gasteiger partial charge < -0.3 is 10.1 Å². The summed E-state index contributed by atoms with van der Waals surface area (Å²) in [5.41, 5.74) is 1.33. The molecule has 2 unspecified atom stereocenters. The van der Waals surface area contributed by atoms with E-state index in [9.17, 15) is 0 Å². The number of ether oxygens (including phenoxy) is 1. The summed E-state index contributed by atoms with van der Waals surface area (Å²) in [6.07, 6.45) is 1.15. The fourth-order valence-electron chi connectivity index (χ4n) is 2.19. The highest BCUT2D eigenvalue weighted by Crippen LogP contribution is 2.32. The average Bonchev–Trinajstić information content (AvgIpc) is 2.75. The molecule has 1 N–H and O–H groups in total. The average molecular weight is 270 g/mol. The second kappa shape index (κ2) is 5.10. The molecule has 2 rings (SSSR count). The minimum absolute atomic E-state index is 0.392. The summed E-state index contributed by atoms with van der Waals surface area (Å²) in [6, 6.07) is 8.79. The predicted octanol–water partition coefficient (Wildman–Crippen LogP) is 2.75. The Morgan fingerprint density at radius 3 is 2.87 bits per heavy atom. The van der Waals surface area contributed by atoms with Crippen LogP contribution in [0.2, 0.25) is 0 Å². The lowest BCUT2D eigenvalue weighted by Crippen LogP contribution is -2.25. The molecule has 0 aromatic heterocycles. The highest BCUT2D eigenvalue weighted by Gasteiger charge is 2.26. The number of hydrogen-bond acceptors (Lipinski definition) is 2. The maximum Gasteiger partial charge on any atom is 0.0513 e. The van der Waals surface area contributed by atoms with Crippen LogP contribution in [0, 0.1) is 5.92 Å². The van der Waals surface area contributed by atoms with Crippen molar-refractivity contribution in [3.63, 3.8) is 0 Å². The molecular weight excluding hydrogens is 254 g/mol. The Labute approximate surface area is 99.1 Å². The van der Waals surface area contributed by atoms with Crippen LogP contribution >= 0.6 is 15.9 Å². The first-order valence-corrected chi connectivity index (χ1v) is 6.11. The van der Waals surface area contributed by atoms with E-state index in [1.54, 1.807) is 0 Å². The quantitative estimate of drug-likeness (QED) is 0.911. The molecule has 3 heteroatoms. The number of nitrogens with one attached hydrogen (secondary N) is 1. The summed E-state index contributed by atoms with van der Waals surface area (Å²) in [7, 11) is 2.02. The normalized spacial score (nSPS) is 22.9. The third-order valence-corrected chi connectivity index (χ3v) is 3.71. The van der Waals surface area contributed by atoms with E-state index >= 15 is 0 Å². The maximum atomic E-state index is 5.45. The zero-order chi connectivity index (χ0) is 10.7. The summed E-state index contributed by atoms with van der Waals surface area (Å²) in [6.45, 7) is 1.76. The lowest BCUT2D eigenvalue weighted by atomic mass is 9.92. The van der Waals surface area contributed by atoms with Gasteiger partial charge in [0.1, 0.15) is 0 Å². The molecule has 0 amide bonds. The fraction of sp³-hybridized carbons (Fsp3) is 0.500. The van der Waals surface area contributed by atoms with Gasteiger partial charge in [-0.05, 0) is 25.1 Å². The molecular formula is C12H16BrNO. The van der Waals surface area contributed by atoms with E-state index in [2.05, 4.69) is 39.4 Å². The van der Waals surface area contributed by atoms with Gasteiger partial charge >= 0.3 is 0 Å². The lowest BCUT2D eigenvalue weighted by molar-refractivity contribution is 0.177. The lowest BCUT2D eigenvalue weighted by Gasteiger charge is -2.23. The molecule has 1 aliphatic rings. The molecule has 1 heterocycles. The summed E-state index contributed by atoms with van der Waals surface area (Å²) in [5, 5.41) is 3.39. The van der Waals surface area contributed by atoms with Crippen molar-refractivity contribution in [2.75, 3.05) is 20.3 Å². The molecule has 0 bridgehead atoms. The summed E-state index contributed by atoms with van der Waals surface area (Å²) in [4.78, 5) is 0. The van der Waals surface area contributed by atoms with Crippen molar-refractivity contribution < 1.29 is 4.74 Å². The third kappa shape index (κ3) is 2.41. The van der Waals surface area contributed by atoms with Gasteiger partial charge in [-0.1, -0.05) is 34.1 Å². The van der Waals surface area contributed by atoms with Gasteiger partial charge in [-0.15, -0.1) is 0 Å². The Morgan fingerprint density at radius 2 is 2.27 bits per heavy atom. The van der Waals surface area contributed by atoms with Crippen LogP contribution in [0.4, 0.5) is 0 Å². The number of halogens is 1. The van der Waals surface area contributed by atoms with E-state index in [4.69, 9.17) is 4.74 Å². The Balaban J connectivity index is 2.22. The van der Waals surface area contributed by atoms with Crippen LogP contribution < -0.4 is 5.32 Å². The van der Waals surface area contributed by atoms with Gasteiger partial charge in [-0.25, -0.2) is 0 Å². The minimum atomic E-state index is 0.392. The third-order valence-electron chi connectivity index (χ3n) is 2.99. The highest BCUT2D eigenvalue weighted by atomic mass is 79.9. The smallest absolute Gasteiger partial charge is 0.0513 e. The van der Waals surface area contributed by atoms with Crippen LogP contribution in [0.3, 0.4) is 0 Å². The summed E-state index contributed by atoms with van der Waals surface area (Å²) in [5.74, 6) is 0.591. The van der Waals surface area contributed by atoms with E-state index in [0.29, 0.717) is 12.0 Å². The van der Waals surface area contributed by atoms with Crippen molar-refractivity contribution in [3.8, 4) is 0 Å². The maximum absolute atomic E-state index is 5.45. The molecule has 1 aromatic carbocycles. The van der Waals surface area contributed by atoms with Crippen LogP contribution in [0.5, 0.6) is 0 Å². The number of benzene rings is 1. The molecule has 0 aliphatic carbocycles. The van der Waals surface area contributed by atoms with Crippen molar-refractivity contribution in [2.24, 2.45) is 5.92 Å². The second-order valence-electron chi connectivity index (χ2n) is 3.91. The van der Waals surface area contributed by atoms with Gasteiger partial charge in [-0.3, -0.25) is 0 Å². The van der Waals surface area contributed by atoms with Crippen LogP contribution in [0.1, 0.15) is 18.0 Å². The Morgan fingerprint density at radius 1 is 1.47 bits per heavy atom. The van der Waals surface area contributed by atoms with Crippen LogP contribution in [-0.4, -0.2) is 20.3 Å². The molecule has 0 saturated carbocycles. The van der Waals surface area contributed by atoms with Gasteiger partial charge in [0.25, 0.3) is 0 Å². The molecule has 1 fully saturated rings. The van der Waals surface area contributed by atoms with Crippen LogP contribution in [0.15, 0.2) is 28.7 Å². The molecule has 2 atom stereocenters. The van der Waals surface area contributed by atoms with E-state index in [-0.39, 0.29) is 0 Å². The fourth-order valence-corrected chi connectivity index (χ4v) is 2.72. The molecule has 0 spiro atoms. The zero-order valence-electron chi connectivity index (χ0n) is 8.87. The Kier molecular flexibility index (Phi) is 3.78. The van der Waals surface area contributed by atoms with Crippen molar-refractivity contribution in [1.29, 1.82) is 0 Å². The first kappa shape index (κ1) is 11.1. The van der Waals surface area contributed by atoms with E-state index < -0.39 is 0 Å².